The number of amides is 2. The van der Waals surface area contributed by atoms with Crippen LogP contribution in [0.3, 0.4) is 0 Å². The number of ether oxygens (including phenoxy) is 5. The molecule has 0 aromatic heterocycles. The van der Waals surface area contributed by atoms with Crippen molar-refractivity contribution in [2.24, 2.45) is 0 Å². The topological polar surface area (TPSA) is 226 Å². The summed E-state index contributed by atoms with van der Waals surface area (Å²) in [5.41, 5.74) is 4.37. The fraction of sp³-hybridized carbons (Fsp3) is 0.667. The highest BCUT2D eigenvalue weighted by atomic mass is 32.2. The van der Waals surface area contributed by atoms with Gasteiger partial charge in [-0.05, 0) is 94.7 Å². The van der Waals surface area contributed by atoms with Crippen molar-refractivity contribution in [2.75, 3.05) is 100.0 Å². The Morgan fingerprint density at radius 3 is 1.24 bits per heavy atom. The van der Waals surface area contributed by atoms with Crippen LogP contribution in [-0.4, -0.2) is 179 Å². The maximum absolute atomic E-state index is 13.6. The third-order valence-corrected chi connectivity index (χ3v) is 18.0. The van der Waals surface area contributed by atoms with Gasteiger partial charge >= 0.3 is 0 Å². The Morgan fingerprint density at radius 2 is 0.921 bits per heavy atom. The molecule has 19 nitrogen and oxygen atoms in total. The molecule has 4 N–H and O–H groups in total. The number of nitrogens with one attached hydrogen (secondary N) is 2. The van der Waals surface area contributed by atoms with Crippen molar-refractivity contribution in [3.8, 4) is 17.2 Å². The Bertz CT molecular complexity index is 1960. The van der Waals surface area contributed by atoms with Crippen LogP contribution in [0.15, 0.2) is 48.5 Å². The summed E-state index contributed by atoms with van der Waals surface area (Å²) in [6.07, 6.45) is 2.43. The molecule has 2 amide bonds. The summed E-state index contributed by atoms with van der Waals surface area (Å²) in [4.78, 5) is 29.3. The van der Waals surface area contributed by atoms with Gasteiger partial charge in [0, 0.05) is 79.7 Å². The molecule has 2 aromatic rings. The van der Waals surface area contributed by atoms with Gasteiger partial charge in [-0.1, -0.05) is 17.7 Å². The Labute approximate surface area is 371 Å². The van der Waals surface area contributed by atoms with E-state index in [2.05, 4.69) is 9.80 Å². The molecule has 0 saturated carbocycles. The summed E-state index contributed by atoms with van der Waals surface area (Å²) >= 11 is 0. The fourth-order valence-electron chi connectivity index (χ4n) is 8.66. The smallest absolute Gasteiger partial charge is 0.266 e. The van der Waals surface area contributed by atoms with Crippen molar-refractivity contribution in [3.63, 3.8) is 0 Å². The number of sulfonamides is 2. The molecule has 0 aliphatic carbocycles. The standard InChI is InChI=1S/C21H33N3O7S.C21H33N3O6S/c1-29-16-15-23-13-9-21(10-14-23,20(25)22-26)32(27,28)24-11-7-19(8-12-24)31-18-5-3-17(30-2)4-6-18;1-17-3-5-18(6-4-17)30-19-7-11-24(12-8-19)31(27,28)21(20(25)22-26)9-13-23(14-10-21)15-16-29-2/h3-6,19,26H,7-16H2,1-2H3,(H,22,25);3-6,19,26H,7-16H2,1-2H3,(H,22,25). The summed E-state index contributed by atoms with van der Waals surface area (Å²) in [6, 6.07) is 15.0. The molecule has 63 heavy (non-hydrogen) atoms. The zero-order valence-electron chi connectivity index (χ0n) is 36.9. The number of rotatable bonds is 17. The van der Waals surface area contributed by atoms with Crippen LogP contribution in [0.5, 0.6) is 17.2 Å². The van der Waals surface area contributed by atoms with Gasteiger partial charge in [0.15, 0.2) is 9.49 Å². The number of piperidine rings is 4. The summed E-state index contributed by atoms with van der Waals surface area (Å²) in [6.45, 7) is 7.29. The number of hydrogen-bond acceptors (Lipinski definition) is 15. The monoisotopic (exact) mass is 926 g/mol. The van der Waals surface area contributed by atoms with Gasteiger partial charge < -0.3 is 33.5 Å². The van der Waals surface area contributed by atoms with Crippen LogP contribution in [0, 0.1) is 6.92 Å². The number of aryl methyl sites for hydroxylation is 1. The predicted octanol–water partition coefficient (Wildman–Crippen LogP) is 2.01. The van der Waals surface area contributed by atoms with Crippen LogP contribution in [0.4, 0.5) is 0 Å². The van der Waals surface area contributed by atoms with Gasteiger partial charge in [0.05, 0.1) is 20.3 Å². The Morgan fingerprint density at radius 1 is 0.587 bits per heavy atom. The van der Waals surface area contributed by atoms with Gasteiger partial charge in [0.2, 0.25) is 20.0 Å². The van der Waals surface area contributed by atoms with Crippen molar-refractivity contribution < 1.29 is 60.5 Å². The molecule has 6 rings (SSSR count). The lowest BCUT2D eigenvalue weighted by molar-refractivity contribution is -0.134. The highest BCUT2D eigenvalue weighted by molar-refractivity contribution is 7.91. The van der Waals surface area contributed by atoms with Crippen LogP contribution in [-0.2, 0) is 39.1 Å². The normalized spacial score (nSPS) is 20.8. The summed E-state index contributed by atoms with van der Waals surface area (Å²) < 4.78 is 81.0. The van der Waals surface area contributed by atoms with Gasteiger partial charge in [-0.2, -0.15) is 0 Å². The number of methoxy groups -OCH3 is 3. The summed E-state index contributed by atoms with van der Waals surface area (Å²) in [7, 11) is -3.11. The first-order chi connectivity index (χ1) is 30.2. The zero-order chi connectivity index (χ0) is 45.7. The summed E-state index contributed by atoms with van der Waals surface area (Å²) in [5.74, 6) is 0.495. The number of benzene rings is 2. The van der Waals surface area contributed by atoms with Crippen molar-refractivity contribution in [3.05, 3.63) is 54.1 Å². The zero-order valence-corrected chi connectivity index (χ0v) is 38.5. The van der Waals surface area contributed by atoms with E-state index in [1.807, 2.05) is 55.5 Å². The maximum atomic E-state index is 13.6. The molecule has 2 aromatic carbocycles. The average Bonchev–Trinajstić information content (AvgIpc) is 3.31. The fourth-order valence-corrected chi connectivity index (χ4v) is 13.0. The molecular formula is C42H66N6O13S2. The van der Waals surface area contributed by atoms with E-state index < -0.39 is 41.4 Å². The van der Waals surface area contributed by atoms with Gasteiger partial charge in [0.25, 0.3) is 11.8 Å². The quantitative estimate of drug-likeness (QED) is 0.132. The first-order valence-electron chi connectivity index (χ1n) is 21.5. The lowest BCUT2D eigenvalue weighted by atomic mass is 9.95. The number of carbonyl (C=O) groups excluding carboxylic acids is 2. The molecule has 0 spiro atoms. The van der Waals surface area contributed by atoms with Crippen molar-refractivity contribution >= 4 is 31.9 Å². The van der Waals surface area contributed by atoms with Gasteiger partial charge in [-0.15, -0.1) is 0 Å². The van der Waals surface area contributed by atoms with E-state index in [1.54, 1.807) is 32.3 Å². The maximum Gasteiger partial charge on any atom is 0.266 e. The van der Waals surface area contributed by atoms with Crippen LogP contribution < -0.4 is 25.2 Å². The molecule has 0 unspecified atom stereocenters. The third-order valence-electron chi connectivity index (χ3n) is 12.7. The van der Waals surface area contributed by atoms with E-state index in [0.29, 0.717) is 83.9 Å². The largest absolute Gasteiger partial charge is 0.497 e. The lowest BCUT2D eigenvalue weighted by Gasteiger charge is -2.43. The first kappa shape index (κ1) is 50.4. The molecule has 0 atom stereocenters. The molecular weight excluding hydrogens is 861 g/mol. The van der Waals surface area contributed by atoms with Gasteiger partial charge in [-0.3, -0.25) is 20.0 Å². The van der Waals surface area contributed by atoms with E-state index in [1.165, 1.54) is 8.61 Å². The van der Waals surface area contributed by atoms with E-state index in [4.69, 9.17) is 23.7 Å². The number of likely N-dealkylation sites (tertiary alicyclic amines) is 2. The van der Waals surface area contributed by atoms with Crippen molar-refractivity contribution in [1.29, 1.82) is 0 Å². The number of nitrogens with zero attached hydrogens (tertiary/aromatic N) is 4. The van der Waals surface area contributed by atoms with E-state index in [9.17, 15) is 36.8 Å². The predicted molar refractivity (Wildman–Crippen MR) is 233 cm³/mol. The average molecular weight is 927 g/mol. The lowest BCUT2D eigenvalue weighted by Crippen LogP contribution is -2.62. The van der Waals surface area contributed by atoms with Crippen molar-refractivity contribution in [2.45, 2.75) is 80.0 Å². The molecule has 4 saturated heterocycles. The van der Waals surface area contributed by atoms with E-state index in [-0.39, 0.29) is 64.1 Å². The minimum atomic E-state index is -3.98. The van der Waals surface area contributed by atoms with Crippen LogP contribution in [0.2, 0.25) is 0 Å². The van der Waals surface area contributed by atoms with Crippen LogP contribution >= 0.6 is 0 Å². The molecule has 354 valence electrons. The summed E-state index contributed by atoms with van der Waals surface area (Å²) in [5, 5.41) is 18.6. The molecule has 4 heterocycles. The molecule has 0 bridgehead atoms. The number of hydroxylamine groups is 2. The van der Waals surface area contributed by atoms with E-state index in [0.717, 1.165) is 17.1 Å². The highest BCUT2D eigenvalue weighted by Crippen LogP contribution is 2.37. The van der Waals surface area contributed by atoms with Gasteiger partial charge in [-0.25, -0.2) is 36.4 Å². The minimum Gasteiger partial charge on any atom is -0.497 e. The molecule has 0 radical (unpaired) electrons. The van der Waals surface area contributed by atoms with E-state index >= 15 is 0 Å². The Hall–Kier alpha value is -3.64. The number of hydrogen-bond donors (Lipinski definition) is 4. The molecule has 4 fully saturated rings. The second-order valence-corrected chi connectivity index (χ2v) is 21.0. The third kappa shape index (κ3) is 12.0. The minimum absolute atomic E-state index is 0.0762. The second kappa shape index (κ2) is 23.0. The highest BCUT2D eigenvalue weighted by Gasteiger charge is 2.56. The SMILES string of the molecule is COCCN1CCC(C(=O)NO)(S(=O)(=O)N2CCC(Oc3ccc(C)cc3)CC2)CC1.COCCN1CCC(C(=O)NO)(S(=O)(=O)N2CCC(Oc3ccc(OC)cc3)CC2)CC1. The first-order valence-corrected chi connectivity index (χ1v) is 24.4. The van der Waals surface area contributed by atoms with Crippen molar-refractivity contribution in [1.82, 2.24) is 29.4 Å². The second-order valence-electron chi connectivity index (χ2n) is 16.5. The van der Waals surface area contributed by atoms with Crippen LogP contribution in [0.1, 0.15) is 56.9 Å². The Balaban J connectivity index is 0.000000238. The number of carbonyl (C=O) groups is 2. The van der Waals surface area contributed by atoms with Crippen LogP contribution in [0.25, 0.3) is 0 Å². The molecule has 4 aliphatic rings. The molecule has 4 aliphatic heterocycles. The Kier molecular flexibility index (Phi) is 18.4. The molecule has 21 heteroatoms. The van der Waals surface area contributed by atoms with Gasteiger partial charge in [0.1, 0.15) is 29.5 Å².